The molecule has 13 nitrogen and oxygen atoms in total. The quantitative estimate of drug-likeness (QED) is 0.239. The minimum Gasteiger partial charge on any atom is -0.382 e. The number of rotatable bonds is 7. The molecule has 1 fully saturated rings. The van der Waals surface area contributed by atoms with Crippen molar-refractivity contribution in [2.24, 2.45) is 0 Å². The standard InChI is InChI=1S/C27H26ClN9O4S/c1-15(33-24-19(13-29)23(30)31-14-32-24)25-35-21-11-5-10-20(28)22(21)26(38)37(25)17-7-4-6-16(12-17)34-27(39)36-42(40,41)18-8-2-3-9-18/h4-7,10-12,14-15,18H,2-3,8-9H2,1H3,(H2,34,36,39)(H3,30,31,32,33). The van der Waals surface area contributed by atoms with E-state index in [0.717, 1.165) is 12.8 Å². The second-order valence-corrected chi connectivity index (χ2v) is 12.1. The van der Waals surface area contributed by atoms with E-state index in [1.54, 1.807) is 43.3 Å². The van der Waals surface area contributed by atoms with Crippen molar-refractivity contribution in [1.82, 2.24) is 24.2 Å². The van der Waals surface area contributed by atoms with Crippen LogP contribution in [0.2, 0.25) is 5.02 Å². The molecular formula is C27H26ClN9O4S. The molecule has 1 aliphatic carbocycles. The zero-order valence-corrected chi connectivity index (χ0v) is 23.9. The van der Waals surface area contributed by atoms with E-state index in [-0.39, 0.29) is 39.1 Å². The second-order valence-electron chi connectivity index (χ2n) is 9.76. The summed E-state index contributed by atoms with van der Waals surface area (Å²) < 4.78 is 28.6. The first-order valence-electron chi connectivity index (χ1n) is 13.0. The summed E-state index contributed by atoms with van der Waals surface area (Å²) in [6.07, 6.45) is 3.81. The van der Waals surface area contributed by atoms with Crippen LogP contribution in [-0.4, -0.2) is 39.2 Å². The summed E-state index contributed by atoms with van der Waals surface area (Å²) in [5, 5.41) is 14.9. The molecule has 4 aromatic rings. The fraction of sp³-hybridized carbons (Fsp3) is 0.259. The molecule has 42 heavy (non-hydrogen) atoms. The van der Waals surface area contributed by atoms with Crippen molar-refractivity contribution in [3.8, 4) is 11.8 Å². The maximum Gasteiger partial charge on any atom is 0.332 e. The maximum atomic E-state index is 13.9. The third-order valence-electron chi connectivity index (χ3n) is 6.94. The molecule has 216 valence electrons. The van der Waals surface area contributed by atoms with Gasteiger partial charge in [0.2, 0.25) is 10.0 Å². The van der Waals surface area contributed by atoms with Crippen LogP contribution in [-0.2, 0) is 10.0 Å². The van der Waals surface area contributed by atoms with Gasteiger partial charge in [-0.15, -0.1) is 0 Å². The normalized spacial score (nSPS) is 14.3. The van der Waals surface area contributed by atoms with Crippen molar-refractivity contribution in [2.45, 2.75) is 43.9 Å². The molecule has 15 heteroatoms. The smallest absolute Gasteiger partial charge is 0.332 e. The first-order chi connectivity index (χ1) is 20.1. The molecule has 1 atom stereocenters. The summed E-state index contributed by atoms with van der Waals surface area (Å²) >= 11 is 6.40. The minimum atomic E-state index is -3.83. The molecule has 1 saturated carbocycles. The van der Waals surface area contributed by atoms with Gasteiger partial charge in [0.1, 0.15) is 35.4 Å². The van der Waals surface area contributed by atoms with Crippen LogP contribution in [0, 0.1) is 11.3 Å². The van der Waals surface area contributed by atoms with Gasteiger partial charge in [0.15, 0.2) is 0 Å². The Morgan fingerprint density at radius 1 is 1.19 bits per heavy atom. The molecule has 0 bridgehead atoms. The Morgan fingerprint density at radius 3 is 2.67 bits per heavy atom. The minimum absolute atomic E-state index is 0.00941. The number of carbonyl (C=O) groups is 1. The van der Waals surface area contributed by atoms with Crippen LogP contribution in [0.1, 0.15) is 50.0 Å². The molecule has 0 spiro atoms. The Kier molecular flexibility index (Phi) is 7.97. The maximum absolute atomic E-state index is 13.9. The zero-order chi connectivity index (χ0) is 30.0. The lowest BCUT2D eigenvalue weighted by Gasteiger charge is -2.21. The molecule has 1 unspecified atom stereocenters. The van der Waals surface area contributed by atoms with E-state index < -0.39 is 32.9 Å². The molecule has 2 aromatic carbocycles. The number of amides is 2. The van der Waals surface area contributed by atoms with Crippen LogP contribution in [0.5, 0.6) is 0 Å². The predicted molar refractivity (Wildman–Crippen MR) is 159 cm³/mol. The number of hydrogen-bond acceptors (Lipinski definition) is 10. The molecule has 2 heterocycles. The van der Waals surface area contributed by atoms with Crippen molar-refractivity contribution in [2.75, 3.05) is 16.4 Å². The third kappa shape index (κ3) is 5.69. The van der Waals surface area contributed by atoms with Gasteiger partial charge in [-0.2, -0.15) is 5.26 Å². The predicted octanol–water partition coefficient (Wildman–Crippen LogP) is 3.85. The van der Waals surface area contributed by atoms with Gasteiger partial charge < -0.3 is 16.4 Å². The number of nitrogens with two attached hydrogens (primary N) is 1. The Hall–Kier alpha value is -4.74. The van der Waals surface area contributed by atoms with E-state index in [2.05, 4.69) is 25.3 Å². The van der Waals surface area contributed by atoms with Crippen LogP contribution in [0.25, 0.3) is 16.6 Å². The highest BCUT2D eigenvalue weighted by molar-refractivity contribution is 7.90. The fourth-order valence-electron chi connectivity index (χ4n) is 4.93. The number of nitrogen functional groups attached to an aromatic ring is 1. The molecule has 0 saturated heterocycles. The van der Waals surface area contributed by atoms with Crippen LogP contribution >= 0.6 is 11.6 Å². The molecule has 0 aliphatic heterocycles. The van der Waals surface area contributed by atoms with Crippen molar-refractivity contribution in [3.63, 3.8) is 0 Å². The molecule has 5 N–H and O–H groups in total. The van der Waals surface area contributed by atoms with E-state index in [4.69, 9.17) is 22.3 Å². The lowest BCUT2D eigenvalue weighted by atomic mass is 10.2. The summed E-state index contributed by atoms with van der Waals surface area (Å²) in [7, 11) is -3.83. The number of fused-ring (bicyclic) bond motifs is 1. The molecule has 1 aliphatic rings. The van der Waals surface area contributed by atoms with Gasteiger partial charge in [-0.1, -0.05) is 36.6 Å². The molecule has 2 aromatic heterocycles. The number of aromatic nitrogens is 4. The Balaban J connectivity index is 1.54. The highest BCUT2D eigenvalue weighted by Crippen LogP contribution is 2.27. The number of nitrogens with one attached hydrogen (secondary N) is 3. The summed E-state index contributed by atoms with van der Waals surface area (Å²) in [4.78, 5) is 39.2. The number of sulfonamides is 1. The first-order valence-corrected chi connectivity index (χ1v) is 14.9. The average Bonchev–Trinajstić information content (AvgIpc) is 3.49. The Morgan fingerprint density at radius 2 is 1.93 bits per heavy atom. The topological polar surface area (TPSA) is 198 Å². The molecule has 2 amide bonds. The van der Waals surface area contributed by atoms with Gasteiger partial charge in [0.25, 0.3) is 5.56 Å². The van der Waals surface area contributed by atoms with Crippen molar-refractivity contribution >= 4 is 55.9 Å². The molecular weight excluding hydrogens is 582 g/mol. The average molecular weight is 608 g/mol. The molecule has 5 rings (SSSR count). The SMILES string of the molecule is CC(Nc1ncnc(N)c1C#N)c1nc2cccc(Cl)c2c(=O)n1-c1cccc(NC(=O)NS(=O)(=O)C2CCCC2)c1. The van der Waals surface area contributed by atoms with Crippen molar-refractivity contribution < 1.29 is 13.2 Å². The number of hydrogen-bond donors (Lipinski definition) is 4. The largest absolute Gasteiger partial charge is 0.382 e. The number of anilines is 3. The van der Waals surface area contributed by atoms with Crippen LogP contribution in [0.4, 0.5) is 22.1 Å². The number of urea groups is 1. The van der Waals surface area contributed by atoms with Gasteiger partial charge in [-0.3, -0.25) is 9.36 Å². The summed E-state index contributed by atoms with van der Waals surface area (Å²) in [6, 6.07) is 11.6. The van der Waals surface area contributed by atoms with Crippen LogP contribution in [0.3, 0.4) is 0 Å². The van der Waals surface area contributed by atoms with Gasteiger partial charge in [-0.25, -0.2) is 32.9 Å². The Labute approximate surface area is 245 Å². The number of carbonyl (C=O) groups excluding carboxylic acids is 1. The number of nitriles is 1. The van der Waals surface area contributed by atoms with E-state index in [1.807, 2.05) is 6.07 Å². The van der Waals surface area contributed by atoms with Crippen molar-refractivity contribution in [1.29, 1.82) is 5.26 Å². The number of halogens is 1. The van der Waals surface area contributed by atoms with E-state index >= 15 is 0 Å². The van der Waals surface area contributed by atoms with Crippen molar-refractivity contribution in [3.05, 3.63) is 75.6 Å². The van der Waals surface area contributed by atoms with Gasteiger partial charge in [0, 0.05) is 5.69 Å². The monoisotopic (exact) mass is 607 g/mol. The fourth-order valence-corrected chi connectivity index (χ4v) is 6.61. The summed E-state index contributed by atoms with van der Waals surface area (Å²) in [5.74, 6) is 0.381. The number of benzene rings is 2. The highest BCUT2D eigenvalue weighted by atomic mass is 35.5. The number of nitrogens with zero attached hydrogens (tertiary/aromatic N) is 5. The van der Waals surface area contributed by atoms with E-state index in [1.165, 1.54) is 17.0 Å². The van der Waals surface area contributed by atoms with Gasteiger partial charge in [-0.05, 0) is 50.1 Å². The first kappa shape index (κ1) is 28.8. The lowest BCUT2D eigenvalue weighted by molar-refractivity contribution is 0.256. The van der Waals surface area contributed by atoms with Crippen LogP contribution < -0.4 is 26.6 Å². The molecule has 0 radical (unpaired) electrons. The Bertz CT molecular complexity index is 1900. The van der Waals surface area contributed by atoms with Gasteiger partial charge in [0.05, 0.1) is 32.9 Å². The van der Waals surface area contributed by atoms with Crippen LogP contribution in [0.15, 0.2) is 53.6 Å². The lowest BCUT2D eigenvalue weighted by Crippen LogP contribution is -2.39. The summed E-state index contributed by atoms with van der Waals surface area (Å²) in [6.45, 7) is 1.72. The van der Waals surface area contributed by atoms with E-state index in [9.17, 15) is 23.3 Å². The van der Waals surface area contributed by atoms with Gasteiger partial charge >= 0.3 is 6.03 Å². The summed E-state index contributed by atoms with van der Waals surface area (Å²) in [5.41, 5.74) is 6.29. The zero-order valence-electron chi connectivity index (χ0n) is 22.3. The second kappa shape index (κ2) is 11.6. The van der Waals surface area contributed by atoms with E-state index in [0.29, 0.717) is 24.0 Å². The highest BCUT2D eigenvalue weighted by Gasteiger charge is 2.30. The third-order valence-corrected chi connectivity index (χ3v) is 9.07.